The number of nitrogens with two attached hydrogens (primary N) is 1. The smallest absolute Gasteiger partial charge is 0.191 e. The van der Waals surface area contributed by atoms with Gasteiger partial charge >= 0.3 is 0 Å². The Morgan fingerprint density at radius 3 is 2.81 bits per heavy atom. The van der Waals surface area contributed by atoms with E-state index in [4.69, 9.17) is 10.5 Å². The van der Waals surface area contributed by atoms with Gasteiger partial charge in [-0.2, -0.15) is 0 Å². The van der Waals surface area contributed by atoms with Crippen LogP contribution in [0.15, 0.2) is 23.4 Å². The zero-order valence-corrected chi connectivity index (χ0v) is 13.6. The Bertz CT molecular complexity index is 597. The fraction of sp³-hybridized carbons (Fsp3) is 0.467. The molecule has 6 heteroatoms. The van der Waals surface area contributed by atoms with Crippen molar-refractivity contribution in [3.8, 4) is 5.75 Å². The molecule has 2 aromatic rings. The molecule has 0 aliphatic heterocycles. The number of benzene rings is 1. The molecule has 1 heterocycles. The molecule has 1 aromatic heterocycles. The number of aromatic nitrogens is 3. The van der Waals surface area contributed by atoms with Crippen LogP contribution in [0.2, 0.25) is 0 Å². The number of aryl methyl sites for hydroxylation is 1. The lowest BCUT2D eigenvalue weighted by atomic mass is 10.1. The maximum atomic E-state index is 5.71. The standard InChI is InChI=1S/C15H22N4OS/c1-4-7-19-14(9-16)17-18-15(19)21-10-12-8-11(2)5-6-13(12)20-3/h5-6,8H,4,7,9-10,16H2,1-3H3. The van der Waals surface area contributed by atoms with Crippen molar-refractivity contribution in [1.29, 1.82) is 0 Å². The SMILES string of the molecule is CCCn1c(CN)nnc1SCc1cc(C)ccc1OC. The average Bonchev–Trinajstić information content (AvgIpc) is 2.88. The zero-order chi connectivity index (χ0) is 15.2. The summed E-state index contributed by atoms with van der Waals surface area (Å²) in [6.45, 7) is 5.53. The van der Waals surface area contributed by atoms with Gasteiger partial charge in [0.25, 0.3) is 0 Å². The van der Waals surface area contributed by atoms with Gasteiger partial charge in [0, 0.05) is 17.9 Å². The molecule has 0 atom stereocenters. The first-order valence-electron chi connectivity index (χ1n) is 7.08. The molecule has 2 N–H and O–H groups in total. The van der Waals surface area contributed by atoms with Gasteiger partial charge in [-0.15, -0.1) is 10.2 Å². The lowest BCUT2D eigenvalue weighted by Crippen LogP contribution is -2.09. The maximum Gasteiger partial charge on any atom is 0.191 e. The third kappa shape index (κ3) is 3.77. The van der Waals surface area contributed by atoms with Gasteiger partial charge in [-0.3, -0.25) is 0 Å². The molecule has 0 unspecified atom stereocenters. The Morgan fingerprint density at radius 2 is 2.14 bits per heavy atom. The van der Waals surface area contributed by atoms with Gasteiger partial charge in [0.2, 0.25) is 0 Å². The molecule has 5 nitrogen and oxygen atoms in total. The first-order chi connectivity index (χ1) is 10.2. The van der Waals surface area contributed by atoms with E-state index in [2.05, 4.69) is 40.7 Å². The summed E-state index contributed by atoms with van der Waals surface area (Å²) in [5.41, 5.74) is 8.11. The predicted molar refractivity (Wildman–Crippen MR) is 85.5 cm³/mol. The molecule has 21 heavy (non-hydrogen) atoms. The van der Waals surface area contributed by atoms with Crippen LogP contribution in [0.4, 0.5) is 0 Å². The molecule has 0 spiro atoms. The van der Waals surface area contributed by atoms with Crippen LogP contribution < -0.4 is 10.5 Å². The lowest BCUT2D eigenvalue weighted by molar-refractivity contribution is 0.411. The molecule has 0 aliphatic carbocycles. The Morgan fingerprint density at radius 1 is 1.33 bits per heavy atom. The molecule has 0 fully saturated rings. The van der Waals surface area contributed by atoms with Crippen LogP contribution in [0, 0.1) is 6.92 Å². The van der Waals surface area contributed by atoms with E-state index in [9.17, 15) is 0 Å². The first-order valence-corrected chi connectivity index (χ1v) is 8.06. The van der Waals surface area contributed by atoms with E-state index in [-0.39, 0.29) is 0 Å². The highest BCUT2D eigenvalue weighted by molar-refractivity contribution is 7.98. The molecule has 0 bridgehead atoms. The van der Waals surface area contributed by atoms with Gasteiger partial charge in [0.15, 0.2) is 5.16 Å². The molecular weight excluding hydrogens is 284 g/mol. The fourth-order valence-corrected chi connectivity index (χ4v) is 3.15. The van der Waals surface area contributed by atoms with Crippen molar-refractivity contribution in [2.24, 2.45) is 5.73 Å². The van der Waals surface area contributed by atoms with E-state index in [1.807, 2.05) is 6.07 Å². The Labute approximate surface area is 129 Å². The van der Waals surface area contributed by atoms with Crippen LogP contribution in [-0.4, -0.2) is 21.9 Å². The monoisotopic (exact) mass is 306 g/mol. The Hall–Kier alpha value is -1.53. The van der Waals surface area contributed by atoms with E-state index in [1.54, 1.807) is 18.9 Å². The summed E-state index contributed by atoms with van der Waals surface area (Å²) >= 11 is 1.67. The summed E-state index contributed by atoms with van der Waals surface area (Å²) in [6.07, 6.45) is 1.03. The largest absolute Gasteiger partial charge is 0.496 e. The van der Waals surface area contributed by atoms with Gasteiger partial charge in [-0.05, 0) is 19.4 Å². The summed E-state index contributed by atoms with van der Waals surface area (Å²) in [7, 11) is 1.70. The topological polar surface area (TPSA) is 66.0 Å². The first kappa shape index (κ1) is 15.9. The zero-order valence-electron chi connectivity index (χ0n) is 12.8. The molecule has 0 radical (unpaired) electrons. The van der Waals surface area contributed by atoms with Crippen molar-refractivity contribution in [2.75, 3.05) is 7.11 Å². The van der Waals surface area contributed by atoms with Gasteiger partial charge < -0.3 is 15.0 Å². The minimum absolute atomic E-state index is 0.418. The second kappa shape index (κ2) is 7.47. The van der Waals surface area contributed by atoms with Crippen molar-refractivity contribution in [3.63, 3.8) is 0 Å². The third-order valence-corrected chi connectivity index (χ3v) is 4.23. The summed E-state index contributed by atoms with van der Waals surface area (Å²) in [5, 5.41) is 9.33. The van der Waals surface area contributed by atoms with E-state index in [0.717, 1.165) is 35.4 Å². The highest BCUT2D eigenvalue weighted by Gasteiger charge is 2.12. The maximum absolute atomic E-state index is 5.71. The predicted octanol–water partition coefficient (Wildman–Crippen LogP) is 2.76. The normalized spacial score (nSPS) is 10.9. The fourth-order valence-electron chi connectivity index (χ4n) is 2.19. The van der Waals surface area contributed by atoms with E-state index in [1.165, 1.54) is 11.1 Å². The van der Waals surface area contributed by atoms with E-state index < -0.39 is 0 Å². The second-order valence-corrected chi connectivity index (χ2v) is 5.80. The molecule has 0 amide bonds. The minimum atomic E-state index is 0.418. The highest BCUT2D eigenvalue weighted by Crippen LogP contribution is 2.28. The van der Waals surface area contributed by atoms with Crippen LogP contribution in [0.5, 0.6) is 5.75 Å². The molecule has 0 saturated carbocycles. The van der Waals surface area contributed by atoms with E-state index in [0.29, 0.717) is 6.54 Å². The summed E-state index contributed by atoms with van der Waals surface area (Å²) in [6, 6.07) is 6.21. The van der Waals surface area contributed by atoms with Crippen molar-refractivity contribution in [2.45, 2.75) is 44.3 Å². The molecule has 114 valence electrons. The van der Waals surface area contributed by atoms with Crippen LogP contribution in [0.3, 0.4) is 0 Å². The minimum Gasteiger partial charge on any atom is -0.496 e. The number of thioether (sulfide) groups is 1. The number of nitrogens with zero attached hydrogens (tertiary/aromatic N) is 3. The second-order valence-electron chi connectivity index (χ2n) is 4.86. The lowest BCUT2D eigenvalue weighted by Gasteiger charge is -2.10. The number of hydrogen-bond donors (Lipinski definition) is 1. The molecular formula is C15H22N4OS. The van der Waals surface area contributed by atoms with Crippen molar-refractivity contribution < 1.29 is 4.74 Å². The molecule has 0 saturated heterocycles. The van der Waals surface area contributed by atoms with Gasteiger partial charge in [-0.25, -0.2) is 0 Å². The molecule has 2 rings (SSSR count). The number of rotatable bonds is 7. The van der Waals surface area contributed by atoms with Crippen LogP contribution in [0.25, 0.3) is 0 Å². The quantitative estimate of drug-likeness (QED) is 0.797. The molecule has 0 aliphatic rings. The van der Waals surface area contributed by atoms with Crippen molar-refractivity contribution >= 4 is 11.8 Å². The van der Waals surface area contributed by atoms with Crippen LogP contribution in [0.1, 0.15) is 30.3 Å². The summed E-state index contributed by atoms with van der Waals surface area (Å²) in [5.74, 6) is 2.56. The average molecular weight is 306 g/mol. The van der Waals surface area contributed by atoms with Gasteiger partial charge in [0.1, 0.15) is 11.6 Å². The third-order valence-electron chi connectivity index (χ3n) is 3.22. The number of methoxy groups -OCH3 is 1. The molecule has 1 aromatic carbocycles. The summed E-state index contributed by atoms with van der Waals surface area (Å²) in [4.78, 5) is 0. The van der Waals surface area contributed by atoms with Crippen LogP contribution >= 0.6 is 11.8 Å². The van der Waals surface area contributed by atoms with Gasteiger partial charge in [-0.1, -0.05) is 36.4 Å². The van der Waals surface area contributed by atoms with E-state index >= 15 is 0 Å². The Balaban J connectivity index is 2.16. The number of hydrogen-bond acceptors (Lipinski definition) is 5. The van der Waals surface area contributed by atoms with Gasteiger partial charge in [0.05, 0.1) is 13.7 Å². The van der Waals surface area contributed by atoms with Crippen molar-refractivity contribution in [3.05, 3.63) is 35.2 Å². The highest BCUT2D eigenvalue weighted by atomic mass is 32.2. The Kier molecular flexibility index (Phi) is 5.64. The number of ether oxygens (including phenoxy) is 1. The summed E-state index contributed by atoms with van der Waals surface area (Å²) < 4.78 is 7.52. The van der Waals surface area contributed by atoms with Crippen molar-refractivity contribution in [1.82, 2.24) is 14.8 Å². The van der Waals surface area contributed by atoms with Crippen LogP contribution in [-0.2, 0) is 18.8 Å².